The third-order valence-electron chi connectivity index (χ3n) is 5.04. The van der Waals surface area contributed by atoms with Crippen LogP contribution in [0.15, 0.2) is 36.7 Å². The van der Waals surface area contributed by atoms with Crippen LogP contribution >= 0.6 is 0 Å². The van der Waals surface area contributed by atoms with Crippen LogP contribution in [0.4, 0.5) is 5.69 Å². The average molecular weight is 377 g/mol. The smallest absolute Gasteiger partial charge is 0.200 e. The van der Waals surface area contributed by atoms with Crippen LogP contribution in [0.1, 0.15) is 17.0 Å². The molecule has 3 heterocycles. The highest BCUT2D eigenvalue weighted by Gasteiger charge is 2.11. The Morgan fingerprint density at radius 2 is 1.86 bits per heavy atom. The maximum Gasteiger partial charge on any atom is 0.200 e. The van der Waals surface area contributed by atoms with Crippen molar-refractivity contribution in [2.24, 2.45) is 0 Å². The van der Waals surface area contributed by atoms with E-state index in [4.69, 9.17) is 4.74 Å². The van der Waals surface area contributed by atoms with Crippen LogP contribution < -0.4 is 10.1 Å². The summed E-state index contributed by atoms with van der Waals surface area (Å²) in [6, 6.07) is 9.81. The number of methoxy groups -OCH3 is 1. The molecule has 0 saturated heterocycles. The van der Waals surface area contributed by atoms with E-state index in [0.29, 0.717) is 5.65 Å². The standard InChI is InChI=1S/C20H23N7O/c1-13-14(2)24-26(15(13)3)10-9-21-19-11-18(25-27-12-22-23-20(19)27)16-5-7-17(28-4)8-6-16/h5-8,11-12,21H,9-10H2,1-4H3. The van der Waals surface area contributed by atoms with E-state index in [0.717, 1.165) is 41.5 Å². The molecule has 28 heavy (non-hydrogen) atoms. The van der Waals surface area contributed by atoms with Crippen LogP contribution in [-0.2, 0) is 6.54 Å². The van der Waals surface area contributed by atoms with E-state index in [1.807, 2.05) is 41.9 Å². The van der Waals surface area contributed by atoms with Crippen LogP contribution in [0.2, 0.25) is 0 Å². The van der Waals surface area contributed by atoms with Crippen LogP contribution in [0.5, 0.6) is 5.75 Å². The summed E-state index contributed by atoms with van der Waals surface area (Å²) in [6.45, 7) is 7.72. The molecule has 4 aromatic rings. The van der Waals surface area contributed by atoms with Gasteiger partial charge in [0, 0.05) is 17.8 Å². The summed E-state index contributed by atoms with van der Waals surface area (Å²) in [5.41, 5.74) is 6.92. The maximum atomic E-state index is 5.24. The Labute approximate surface area is 163 Å². The molecule has 0 amide bonds. The Hall–Kier alpha value is -3.42. The number of ether oxygens (including phenoxy) is 1. The van der Waals surface area contributed by atoms with Gasteiger partial charge in [0.1, 0.15) is 12.1 Å². The van der Waals surface area contributed by atoms with Gasteiger partial charge in [-0.25, -0.2) is 0 Å². The second-order valence-electron chi connectivity index (χ2n) is 6.72. The van der Waals surface area contributed by atoms with E-state index in [1.165, 1.54) is 11.3 Å². The molecule has 0 saturated carbocycles. The van der Waals surface area contributed by atoms with Gasteiger partial charge in [0.15, 0.2) is 0 Å². The first-order chi connectivity index (χ1) is 13.6. The van der Waals surface area contributed by atoms with E-state index >= 15 is 0 Å². The van der Waals surface area contributed by atoms with E-state index in [1.54, 1.807) is 18.0 Å². The number of aryl methyl sites for hydroxylation is 1. The molecule has 8 heteroatoms. The highest BCUT2D eigenvalue weighted by molar-refractivity contribution is 5.73. The van der Waals surface area contributed by atoms with Gasteiger partial charge >= 0.3 is 0 Å². The summed E-state index contributed by atoms with van der Waals surface area (Å²) in [6.07, 6.45) is 1.61. The summed E-state index contributed by atoms with van der Waals surface area (Å²) in [5.74, 6) is 0.813. The molecule has 0 fully saturated rings. The van der Waals surface area contributed by atoms with Gasteiger partial charge in [0.2, 0.25) is 5.65 Å². The van der Waals surface area contributed by atoms with Crippen LogP contribution in [0.25, 0.3) is 16.9 Å². The van der Waals surface area contributed by atoms with E-state index in [2.05, 4.69) is 39.6 Å². The van der Waals surface area contributed by atoms with Gasteiger partial charge in [0.05, 0.1) is 30.7 Å². The Bertz CT molecular complexity index is 1110. The molecule has 0 unspecified atom stereocenters. The van der Waals surface area contributed by atoms with Gasteiger partial charge < -0.3 is 10.1 Å². The third-order valence-corrected chi connectivity index (χ3v) is 5.04. The molecule has 0 aliphatic carbocycles. The van der Waals surface area contributed by atoms with Crippen molar-refractivity contribution in [1.29, 1.82) is 0 Å². The van der Waals surface area contributed by atoms with Crippen molar-refractivity contribution < 1.29 is 4.74 Å². The number of benzene rings is 1. The fourth-order valence-corrected chi connectivity index (χ4v) is 3.16. The van der Waals surface area contributed by atoms with Crippen LogP contribution in [0.3, 0.4) is 0 Å². The molecular formula is C20H23N7O. The minimum Gasteiger partial charge on any atom is -0.497 e. The summed E-state index contributed by atoms with van der Waals surface area (Å²) < 4.78 is 8.96. The monoisotopic (exact) mass is 377 g/mol. The summed E-state index contributed by atoms with van der Waals surface area (Å²) in [5, 5.41) is 20.8. The van der Waals surface area contributed by atoms with Gasteiger partial charge in [0.25, 0.3) is 0 Å². The molecule has 1 N–H and O–H groups in total. The van der Waals surface area contributed by atoms with Gasteiger partial charge in [-0.05, 0) is 56.7 Å². The minimum absolute atomic E-state index is 0.696. The van der Waals surface area contributed by atoms with Crippen molar-refractivity contribution in [3.63, 3.8) is 0 Å². The number of nitrogens with one attached hydrogen (secondary N) is 1. The summed E-state index contributed by atoms with van der Waals surface area (Å²) >= 11 is 0. The molecule has 4 rings (SSSR count). The Morgan fingerprint density at radius 3 is 2.54 bits per heavy atom. The van der Waals surface area contributed by atoms with E-state index < -0.39 is 0 Å². The molecule has 1 aromatic carbocycles. The lowest BCUT2D eigenvalue weighted by Crippen LogP contribution is -2.14. The quantitative estimate of drug-likeness (QED) is 0.556. The summed E-state index contributed by atoms with van der Waals surface area (Å²) in [4.78, 5) is 0. The molecule has 0 atom stereocenters. The minimum atomic E-state index is 0.696. The fourth-order valence-electron chi connectivity index (χ4n) is 3.16. The molecule has 0 spiro atoms. The lowest BCUT2D eigenvalue weighted by atomic mass is 10.1. The second kappa shape index (κ2) is 7.30. The van der Waals surface area contributed by atoms with Gasteiger partial charge in [-0.1, -0.05) is 0 Å². The first kappa shape index (κ1) is 18.0. The number of nitrogens with zero attached hydrogens (tertiary/aromatic N) is 6. The molecule has 0 aliphatic heterocycles. The molecular weight excluding hydrogens is 354 g/mol. The lowest BCUT2D eigenvalue weighted by molar-refractivity contribution is 0.415. The van der Waals surface area contributed by atoms with E-state index in [-0.39, 0.29) is 0 Å². The molecule has 144 valence electrons. The number of anilines is 1. The second-order valence-corrected chi connectivity index (χ2v) is 6.72. The highest BCUT2D eigenvalue weighted by atomic mass is 16.5. The number of hydrogen-bond donors (Lipinski definition) is 1. The van der Waals surface area contributed by atoms with Crippen molar-refractivity contribution >= 4 is 11.3 Å². The van der Waals surface area contributed by atoms with Gasteiger partial charge in [-0.3, -0.25) is 4.68 Å². The van der Waals surface area contributed by atoms with Crippen molar-refractivity contribution in [3.05, 3.63) is 53.6 Å². The van der Waals surface area contributed by atoms with Crippen molar-refractivity contribution in [1.82, 2.24) is 29.6 Å². The number of hydrogen-bond acceptors (Lipinski definition) is 6. The zero-order valence-electron chi connectivity index (χ0n) is 16.5. The number of fused-ring (bicyclic) bond motifs is 1. The Morgan fingerprint density at radius 1 is 1.07 bits per heavy atom. The normalized spacial score (nSPS) is 11.1. The number of rotatable bonds is 6. The Balaban J connectivity index is 1.59. The van der Waals surface area contributed by atoms with Crippen molar-refractivity contribution in [2.75, 3.05) is 19.0 Å². The molecule has 0 radical (unpaired) electrons. The van der Waals surface area contributed by atoms with Crippen molar-refractivity contribution in [3.8, 4) is 17.0 Å². The zero-order chi connectivity index (χ0) is 19.7. The third kappa shape index (κ3) is 3.28. The zero-order valence-corrected chi connectivity index (χ0v) is 16.5. The maximum absolute atomic E-state index is 5.24. The largest absolute Gasteiger partial charge is 0.497 e. The lowest BCUT2D eigenvalue weighted by Gasteiger charge is -2.11. The van der Waals surface area contributed by atoms with Crippen molar-refractivity contribution in [2.45, 2.75) is 27.3 Å². The molecule has 0 aliphatic rings. The van der Waals surface area contributed by atoms with E-state index in [9.17, 15) is 0 Å². The van der Waals surface area contributed by atoms with Gasteiger partial charge in [-0.2, -0.15) is 14.7 Å². The molecule has 8 nitrogen and oxygen atoms in total. The Kier molecular flexibility index (Phi) is 4.68. The predicted octanol–water partition coefficient (Wildman–Crippen LogP) is 3.03. The molecule has 3 aromatic heterocycles. The SMILES string of the molecule is COc1ccc(-c2cc(NCCn3nc(C)c(C)c3C)c3nncn3n2)cc1. The van der Waals surface area contributed by atoms with Crippen LogP contribution in [0, 0.1) is 20.8 Å². The highest BCUT2D eigenvalue weighted by Crippen LogP contribution is 2.25. The summed E-state index contributed by atoms with van der Waals surface area (Å²) in [7, 11) is 1.66. The first-order valence-electron chi connectivity index (χ1n) is 9.17. The first-order valence-corrected chi connectivity index (χ1v) is 9.17. The fraction of sp³-hybridized carbons (Fsp3) is 0.300. The number of aromatic nitrogens is 6. The molecule has 0 bridgehead atoms. The topological polar surface area (TPSA) is 82.2 Å². The predicted molar refractivity (Wildman–Crippen MR) is 108 cm³/mol. The average Bonchev–Trinajstić information content (AvgIpc) is 3.29. The van der Waals surface area contributed by atoms with Gasteiger partial charge in [-0.15, -0.1) is 10.2 Å². The van der Waals surface area contributed by atoms with Crippen LogP contribution in [-0.4, -0.2) is 43.2 Å².